The van der Waals surface area contributed by atoms with Crippen molar-refractivity contribution in [1.29, 1.82) is 5.26 Å². The summed E-state index contributed by atoms with van der Waals surface area (Å²) >= 11 is 5.78. The van der Waals surface area contributed by atoms with Gasteiger partial charge in [0.2, 0.25) is 0 Å². The molecule has 12 heteroatoms. The van der Waals surface area contributed by atoms with Crippen LogP contribution < -0.4 is 14.2 Å². The minimum absolute atomic E-state index is 0.0320. The summed E-state index contributed by atoms with van der Waals surface area (Å²) in [4.78, 5) is 23.0. The predicted octanol–water partition coefficient (Wildman–Crippen LogP) is 5.27. The number of ether oxygens (including phenoxy) is 1. The molecule has 0 bridgehead atoms. The lowest BCUT2D eigenvalue weighted by molar-refractivity contribution is -0.384. The van der Waals surface area contributed by atoms with Crippen LogP contribution in [0.15, 0.2) is 71.1 Å². The number of carbonyl (C=O) groups excluding carboxylic acids is 1. The van der Waals surface area contributed by atoms with E-state index in [0.29, 0.717) is 5.56 Å². The van der Waals surface area contributed by atoms with Crippen molar-refractivity contribution in [3.05, 3.63) is 92.5 Å². The summed E-state index contributed by atoms with van der Waals surface area (Å²) in [6, 6.07) is 15.8. The van der Waals surface area contributed by atoms with Crippen LogP contribution in [0.5, 0.6) is 11.5 Å². The fourth-order valence-corrected chi connectivity index (χ4v) is 4.19. The molecule has 0 fully saturated rings. The van der Waals surface area contributed by atoms with Gasteiger partial charge in [-0.15, -0.1) is 0 Å². The van der Waals surface area contributed by atoms with Crippen molar-refractivity contribution in [3.63, 3.8) is 0 Å². The third-order valence-electron chi connectivity index (χ3n) is 4.85. The molecule has 3 aromatic carbocycles. The molecule has 0 heterocycles. The normalized spacial score (nSPS) is 11.4. The Morgan fingerprint density at radius 2 is 1.84 bits per heavy atom. The molecule has 0 aliphatic heterocycles. The Labute approximate surface area is 218 Å². The lowest BCUT2D eigenvalue weighted by atomic mass is 10.1. The zero-order valence-corrected chi connectivity index (χ0v) is 21.2. The Bertz CT molecular complexity index is 1530. The number of rotatable bonds is 9. The smallest absolute Gasteiger partial charge is 0.339 e. The number of nitrogens with one attached hydrogen (secondary N) is 1. The number of halogens is 1. The molecule has 0 aromatic heterocycles. The van der Waals surface area contributed by atoms with Crippen LogP contribution in [-0.4, -0.2) is 25.9 Å². The summed E-state index contributed by atoms with van der Waals surface area (Å²) in [6.45, 7) is 3.71. The van der Waals surface area contributed by atoms with Crippen LogP contribution in [-0.2, 0) is 14.9 Å². The highest BCUT2D eigenvalue weighted by Gasteiger charge is 2.20. The van der Waals surface area contributed by atoms with Crippen LogP contribution in [0.2, 0.25) is 5.02 Å². The van der Waals surface area contributed by atoms with Crippen LogP contribution in [0.4, 0.5) is 11.4 Å². The molecule has 10 nitrogen and oxygen atoms in total. The Morgan fingerprint density at radius 3 is 2.46 bits per heavy atom. The molecule has 1 amide bonds. The van der Waals surface area contributed by atoms with E-state index in [1.54, 1.807) is 25.1 Å². The van der Waals surface area contributed by atoms with Gasteiger partial charge in [0.25, 0.3) is 11.6 Å². The molecule has 0 atom stereocenters. The Morgan fingerprint density at radius 1 is 1.14 bits per heavy atom. The van der Waals surface area contributed by atoms with Crippen LogP contribution in [0.1, 0.15) is 18.1 Å². The summed E-state index contributed by atoms with van der Waals surface area (Å²) < 4.78 is 36.2. The number of aryl methyl sites for hydroxylation is 1. The summed E-state index contributed by atoms with van der Waals surface area (Å²) in [5.74, 6) is -0.812. The third kappa shape index (κ3) is 6.84. The van der Waals surface area contributed by atoms with Gasteiger partial charge in [-0.2, -0.15) is 13.7 Å². The SMILES string of the molecule is CCOc1cc(/C=C(\C#N)C(=O)Nc2ccc(Cl)c([N+](=O)[O-])c2)ccc1OS(=O)(=O)c1ccc(C)cc1. The van der Waals surface area contributed by atoms with Crippen molar-refractivity contribution in [2.75, 3.05) is 11.9 Å². The molecule has 0 spiro atoms. The third-order valence-corrected chi connectivity index (χ3v) is 6.42. The number of amides is 1. The monoisotopic (exact) mass is 541 g/mol. The maximum absolute atomic E-state index is 12.7. The van der Waals surface area contributed by atoms with Crippen molar-refractivity contribution >= 4 is 45.1 Å². The second-order valence-electron chi connectivity index (χ2n) is 7.54. The fraction of sp³-hybridized carbons (Fsp3) is 0.120. The number of nitro benzene ring substituents is 1. The van der Waals surface area contributed by atoms with Gasteiger partial charge < -0.3 is 14.2 Å². The Kier molecular flexibility index (Phi) is 8.49. The number of nitro groups is 1. The minimum atomic E-state index is -4.14. The molecular weight excluding hydrogens is 522 g/mol. The fourth-order valence-electron chi connectivity index (χ4n) is 3.07. The van der Waals surface area contributed by atoms with E-state index < -0.39 is 26.6 Å². The van der Waals surface area contributed by atoms with E-state index in [-0.39, 0.29) is 39.3 Å². The summed E-state index contributed by atoms with van der Waals surface area (Å²) in [7, 11) is -4.14. The maximum Gasteiger partial charge on any atom is 0.339 e. The number of hydrogen-bond acceptors (Lipinski definition) is 8. The molecule has 0 unspecified atom stereocenters. The molecule has 190 valence electrons. The van der Waals surface area contributed by atoms with Crippen molar-refractivity contribution in [2.24, 2.45) is 0 Å². The van der Waals surface area contributed by atoms with Gasteiger partial charge in [0.15, 0.2) is 11.5 Å². The molecule has 3 aromatic rings. The van der Waals surface area contributed by atoms with Crippen molar-refractivity contribution in [3.8, 4) is 17.6 Å². The largest absolute Gasteiger partial charge is 0.490 e. The van der Waals surface area contributed by atoms with Crippen molar-refractivity contribution < 1.29 is 27.1 Å². The molecule has 0 saturated carbocycles. The first-order valence-electron chi connectivity index (χ1n) is 10.7. The van der Waals surface area contributed by atoms with E-state index in [1.807, 2.05) is 6.92 Å². The molecular formula is C25H20ClN3O7S. The van der Waals surface area contributed by atoms with E-state index >= 15 is 0 Å². The highest BCUT2D eigenvalue weighted by atomic mass is 35.5. The second-order valence-corrected chi connectivity index (χ2v) is 9.49. The van der Waals surface area contributed by atoms with Crippen LogP contribution in [0.3, 0.4) is 0 Å². The van der Waals surface area contributed by atoms with Gasteiger partial charge in [-0.1, -0.05) is 35.4 Å². The summed E-state index contributed by atoms with van der Waals surface area (Å²) in [5.41, 5.74) is 0.580. The Hall–Kier alpha value is -4.40. The van der Waals surface area contributed by atoms with Gasteiger partial charge >= 0.3 is 10.1 Å². The topological polar surface area (TPSA) is 149 Å². The zero-order valence-electron chi connectivity index (χ0n) is 19.6. The van der Waals surface area contributed by atoms with Gasteiger partial charge in [-0.25, -0.2) is 0 Å². The maximum atomic E-state index is 12.7. The molecule has 0 aliphatic rings. The summed E-state index contributed by atoms with van der Waals surface area (Å²) in [5, 5.41) is 22.9. The van der Waals surface area contributed by atoms with Crippen molar-refractivity contribution in [1.82, 2.24) is 0 Å². The van der Waals surface area contributed by atoms with Gasteiger partial charge in [-0.05, 0) is 61.9 Å². The Balaban J connectivity index is 1.87. The van der Waals surface area contributed by atoms with Crippen LogP contribution in [0.25, 0.3) is 6.08 Å². The predicted molar refractivity (Wildman–Crippen MR) is 137 cm³/mol. The summed E-state index contributed by atoms with van der Waals surface area (Å²) in [6.07, 6.45) is 1.25. The van der Waals surface area contributed by atoms with Gasteiger partial charge in [0.1, 0.15) is 21.6 Å². The standard InChI is InChI=1S/C25H20ClN3O7S/c1-3-35-24-13-17(6-11-23(24)36-37(33,34)20-8-4-16(2)5-9-20)12-18(15-27)25(30)28-19-7-10-21(26)22(14-19)29(31)32/h4-14H,3H2,1-2H3,(H,28,30)/b18-12+. The van der Waals surface area contributed by atoms with Crippen LogP contribution >= 0.6 is 11.6 Å². The van der Waals surface area contributed by atoms with Crippen LogP contribution in [0, 0.1) is 28.4 Å². The van der Waals surface area contributed by atoms with E-state index in [1.165, 1.54) is 48.5 Å². The van der Waals surface area contributed by atoms with E-state index in [4.69, 9.17) is 20.5 Å². The van der Waals surface area contributed by atoms with Gasteiger partial charge in [0.05, 0.1) is 11.5 Å². The van der Waals surface area contributed by atoms with E-state index in [9.17, 15) is 28.6 Å². The number of anilines is 1. The molecule has 3 rings (SSSR count). The average molecular weight is 542 g/mol. The lowest BCUT2D eigenvalue weighted by Gasteiger charge is -2.13. The first kappa shape index (κ1) is 27.2. The number of nitrogens with zero attached hydrogens (tertiary/aromatic N) is 2. The van der Waals surface area contributed by atoms with E-state index in [2.05, 4.69) is 5.32 Å². The van der Waals surface area contributed by atoms with Gasteiger partial charge in [0, 0.05) is 11.8 Å². The number of carbonyl (C=O) groups is 1. The van der Waals surface area contributed by atoms with Crippen molar-refractivity contribution in [2.45, 2.75) is 18.7 Å². The highest BCUT2D eigenvalue weighted by Crippen LogP contribution is 2.32. The second kappa shape index (κ2) is 11.6. The number of nitriles is 1. The first-order valence-corrected chi connectivity index (χ1v) is 12.5. The quantitative estimate of drug-likeness (QED) is 0.127. The molecule has 0 radical (unpaired) electrons. The molecule has 1 N–H and O–H groups in total. The number of hydrogen-bond donors (Lipinski definition) is 1. The molecule has 37 heavy (non-hydrogen) atoms. The molecule has 0 saturated heterocycles. The van der Waals surface area contributed by atoms with E-state index in [0.717, 1.165) is 11.6 Å². The average Bonchev–Trinajstić information content (AvgIpc) is 2.85. The minimum Gasteiger partial charge on any atom is -0.490 e. The highest BCUT2D eigenvalue weighted by molar-refractivity contribution is 7.87. The lowest BCUT2D eigenvalue weighted by Crippen LogP contribution is -2.13. The first-order chi connectivity index (χ1) is 17.5. The zero-order chi connectivity index (χ0) is 27.2. The van der Waals surface area contributed by atoms with Gasteiger partial charge in [-0.3, -0.25) is 14.9 Å². The molecule has 0 aliphatic carbocycles. The number of benzene rings is 3.